The first-order valence-electron chi connectivity index (χ1n) is 7.40. The third-order valence-electron chi connectivity index (χ3n) is 3.10. The molecule has 0 fully saturated rings. The van der Waals surface area contributed by atoms with Gasteiger partial charge < -0.3 is 31.9 Å². The number of urea groups is 1. The first-order chi connectivity index (χ1) is 11.5. The lowest BCUT2D eigenvalue weighted by Crippen LogP contribution is -2.45. The smallest absolute Gasteiger partial charge is 0.334 e. The number of carbonyl (C=O) groups excluding carboxylic acids is 3. The quantitative estimate of drug-likeness (QED) is 0.220. The van der Waals surface area contributed by atoms with Crippen molar-refractivity contribution in [2.45, 2.75) is 25.5 Å². The van der Waals surface area contributed by atoms with Crippen LogP contribution in [0.3, 0.4) is 0 Å². The van der Waals surface area contributed by atoms with Crippen molar-refractivity contribution in [1.82, 2.24) is 10.6 Å². The summed E-state index contributed by atoms with van der Waals surface area (Å²) in [5.41, 5.74) is 10.9. The number of hydrogen-bond donors (Lipinski definition) is 5. The van der Waals surface area contributed by atoms with Crippen molar-refractivity contribution in [2.75, 3.05) is 13.1 Å². The SMILES string of the molecule is NCC(=O)N[C@@H](CCCNC(N)=O)C(=O)Oc1ccc(CO)cc1. The number of esters is 1. The molecule has 0 unspecified atom stereocenters. The highest BCUT2D eigenvalue weighted by Gasteiger charge is 2.22. The summed E-state index contributed by atoms with van der Waals surface area (Å²) in [5.74, 6) is -0.845. The highest BCUT2D eigenvalue weighted by Crippen LogP contribution is 2.13. The third-order valence-corrected chi connectivity index (χ3v) is 3.10. The predicted molar refractivity (Wildman–Crippen MR) is 85.8 cm³/mol. The summed E-state index contributed by atoms with van der Waals surface area (Å²) in [7, 11) is 0. The van der Waals surface area contributed by atoms with Crippen molar-refractivity contribution in [3.05, 3.63) is 29.8 Å². The maximum atomic E-state index is 12.2. The lowest BCUT2D eigenvalue weighted by atomic mass is 10.1. The number of primary amides is 1. The van der Waals surface area contributed by atoms with Crippen molar-refractivity contribution >= 4 is 17.9 Å². The fourth-order valence-corrected chi connectivity index (χ4v) is 1.87. The summed E-state index contributed by atoms with van der Waals surface area (Å²) in [6.45, 7) is -0.104. The lowest BCUT2D eigenvalue weighted by molar-refractivity contribution is -0.139. The van der Waals surface area contributed by atoms with E-state index in [9.17, 15) is 14.4 Å². The van der Waals surface area contributed by atoms with Crippen LogP contribution in [0.2, 0.25) is 0 Å². The molecule has 0 aliphatic rings. The Balaban J connectivity index is 2.63. The van der Waals surface area contributed by atoms with Gasteiger partial charge >= 0.3 is 12.0 Å². The largest absolute Gasteiger partial charge is 0.425 e. The molecule has 1 aromatic carbocycles. The van der Waals surface area contributed by atoms with E-state index in [0.717, 1.165) is 0 Å². The summed E-state index contributed by atoms with van der Waals surface area (Å²) in [4.78, 5) is 34.3. The molecule has 0 saturated carbocycles. The molecule has 0 bridgehead atoms. The zero-order valence-electron chi connectivity index (χ0n) is 13.2. The molecule has 9 nitrogen and oxygen atoms in total. The molecule has 1 rings (SSSR count). The van der Waals surface area contributed by atoms with Gasteiger partial charge in [-0.25, -0.2) is 9.59 Å². The normalized spacial score (nSPS) is 11.4. The van der Waals surface area contributed by atoms with Crippen molar-refractivity contribution in [1.29, 1.82) is 0 Å². The fourth-order valence-electron chi connectivity index (χ4n) is 1.87. The standard InChI is InChI=1S/C15H22N4O5/c16-8-13(21)19-12(2-1-7-18-15(17)23)14(22)24-11-5-3-10(9-20)4-6-11/h3-6,12,20H,1-2,7-9,16H2,(H,19,21)(H3,17,18,23)/t12-/m0/s1. The Bertz CT molecular complexity index is 561. The van der Waals surface area contributed by atoms with Crippen molar-refractivity contribution in [3.63, 3.8) is 0 Å². The number of rotatable bonds is 9. The second-order valence-electron chi connectivity index (χ2n) is 4.98. The van der Waals surface area contributed by atoms with E-state index in [-0.39, 0.29) is 26.1 Å². The monoisotopic (exact) mass is 338 g/mol. The predicted octanol–water partition coefficient (Wildman–Crippen LogP) is -1.02. The Labute approximate surface area is 139 Å². The summed E-state index contributed by atoms with van der Waals surface area (Å²) in [6, 6.07) is 4.76. The minimum Gasteiger partial charge on any atom is -0.425 e. The van der Waals surface area contributed by atoms with Crippen LogP contribution >= 0.6 is 0 Å². The summed E-state index contributed by atoms with van der Waals surface area (Å²) < 4.78 is 5.21. The molecule has 0 aliphatic carbocycles. The Kier molecular flexibility index (Phi) is 8.23. The minimum atomic E-state index is -0.895. The summed E-state index contributed by atoms with van der Waals surface area (Å²) in [5, 5.41) is 13.8. The average Bonchev–Trinajstić information content (AvgIpc) is 2.57. The number of hydrogen-bond acceptors (Lipinski definition) is 6. The number of amides is 3. The molecule has 0 heterocycles. The number of carbonyl (C=O) groups is 3. The van der Waals surface area contributed by atoms with Crippen LogP contribution in [-0.2, 0) is 16.2 Å². The van der Waals surface area contributed by atoms with E-state index < -0.39 is 23.9 Å². The third kappa shape index (κ3) is 7.07. The number of benzene rings is 1. The fraction of sp³-hybridized carbons (Fsp3) is 0.400. The zero-order chi connectivity index (χ0) is 17.9. The van der Waals surface area contributed by atoms with Crippen LogP contribution in [-0.4, -0.2) is 42.1 Å². The second-order valence-corrected chi connectivity index (χ2v) is 4.98. The minimum absolute atomic E-state index is 0.115. The first-order valence-corrected chi connectivity index (χ1v) is 7.40. The van der Waals surface area contributed by atoms with E-state index >= 15 is 0 Å². The number of nitrogens with one attached hydrogen (secondary N) is 2. The number of aliphatic hydroxyl groups excluding tert-OH is 1. The molecule has 1 atom stereocenters. The molecular weight excluding hydrogens is 316 g/mol. The van der Waals surface area contributed by atoms with Crippen LogP contribution in [0.15, 0.2) is 24.3 Å². The van der Waals surface area contributed by atoms with E-state index in [4.69, 9.17) is 21.3 Å². The van der Waals surface area contributed by atoms with Crippen LogP contribution in [0.1, 0.15) is 18.4 Å². The number of ether oxygens (including phenoxy) is 1. The van der Waals surface area contributed by atoms with Gasteiger partial charge in [0, 0.05) is 6.54 Å². The van der Waals surface area contributed by atoms with Crippen LogP contribution < -0.4 is 26.8 Å². The van der Waals surface area contributed by atoms with Crippen molar-refractivity contribution in [2.24, 2.45) is 11.5 Å². The van der Waals surface area contributed by atoms with Gasteiger partial charge in [-0.2, -0.15) is 0 Å². The molecule has 132 valence electrons. The maximum Gasteiger partial charge on any atom is 0.334 e. The lowest BCUT2D eigenvalue weighted by Gasteiger charge is -2.17. The van der Waals surface area contributed by atoms with Crippen molar-refractivity contribution in [3.8, 4) is 5.75 Å². The van der Waals surface area contributed by atoms with Gasteiger partial charge in [0.1, 0.15) is 11.8 Å². The highest BCUT2D eigenvalue weighted by molar-refractivity contribution is 5.86. The molecular formula is C15H22N4O5. The second kappa shape index (κ2) is 10.2. The molecule has 1 aromatic rings. The van der Waals surface area contributed by atoms with Crippen LogP contribution in [0.5, 0.6) is 5.75 Å². The van der Waals surface area contributed by atoms with Crippen LogP contribution in [0.25, 0.3) is 0 Å². The molecule has 24 heavy (non-hydrogen) atoms. The molecule has 0 spiro atoms. The van der Waals surface area contributed by atoms with Gasteiger partial charge in [0.25, 0.3) is 0 Å². The Morgan fingerprint density at radius 1 is 1.21 bits per heavy atom. The molecule has 0 saturated heterocycles. The van der Waals surface area contributed by atoms with E-state index in [0.29, 0.717) is 17.7 Å². The van der Waals surface area contributed by atoms with E-state index in [1.54, 1.807) is 24.3 Å². The zero-order valence-corrected chi connectivity index (χ0v) is 13.2. The first kappa shape index (κ1) is 19.4. The molecule has 0 aliphatic heterocycles. The van der Waals surface area contributed by atoms with Crippen LogP contribution in [0, 0.1) is 0 Å². The molecule has 7 N–H and O–H groups in total. The van der Waals surface area contributed by atoms with Gasteiger partial charge in [-0.3, -0.25) is 4.79 Å². The number of aliphatic hydroxyl groups is 1. The topological polar surface area (TPSA) is 157 Å². The van der Waals surface area contributed by atoms with E-state index in [1.165, 1.54) is 0 Å². The van der Waals surface area contributed by atoms with Gasteiger partial charge in [-0.05, 0) is 30.5 Å². The summed E-state index contributed by atoms with van der Waals surface area (Å²) >= 11 is 0. The molecule has 3 amide bonds. The van der Waals surface area contributed by atoms with Crippen molar-refractivity contribution < 1.29 is 24.2 Å². The highest BCUT2D eigenvalue weighted by atomic mass is 16.5. The molecule has 0 aromatic heterocycles. The van der Waals surface area contributed by atoms with E-state index in [2.05, 4.69) is 10.6 Å². The molecule has 0 radical (unpaired) electrons. The van der Waals surface area contributed by atoms with Gasteiger partial charge in [-0.15, -0.1) is 0 Å². The average molecular weight is 338 g/mol. The van der Waals surface area contributed by atoms with Gasteiger partial charge in [0.15, 0.2) is 0 Å². The number of nitrogens with two attached hydrogens (primary N) is 2. The maximum absolute atomic E-state index is 12.2. The Morgan fingerprint density at radius 3 is 2.42 bits per heavy atom. The van der Waals surface area contributed by atoms with E-state index in [1.807, 2.05) is 0 Å². The Morgan fingerprint density at radius 2 is 1.88 bits per heavy atom. The van der Waals surface area contributed by atoms with Gasteiger partial charge in [-0.1, -0.05) is 12.1 Å². The molecule has 9 heteroatoms. The van der Waals surface area contributed by atoms with Gasteiger partial charge in [0.05, 0.1) is 13.2 Å². The summed E-state index contributed by atoms with van der Waals surface area (Å²) in [6.07, 6.45) is 0.663. The van der Waals surface area contributed by atoms with Gasteiger partial charge in [0.2, 0.25) is 5.91 Å². The Hall–Kier alpha value is -2.65. The van der Waals surface area contributed by atoms with Crippen LogP contribution in [0.4, 0.5) is 4.79 Å².